The van der Waals surface area contributed by atoms with Crippen LogP contribution in [0.25, 0.3) is 27.8 Å². The van der Waals surface area contributed by atoms with E-state index in [-0.39, 0.29) is 5.69 Å². The van der Waals surface area contributed by atoms with Crippen molar-refractivity contribution in [1.29, 1.82) is 0 Å². The van der Waals surface area contributed by atoms with E-state index in [1.807, 2.05) is 32.2 Å². The summed E-state index contributed by atoms with van der Waals surface area (Å²) in [5, 5.41) is 4.87. The molecule has 0 atom stereocenters. The molecule has 1 saturated carbocycles. The topological polar surface area (TPSA) is 96.6 Å². The number of nitrogen functional groups attached to an aromatic ring is 1. The molecule has 35 heavy (non-hydrogen) atoms. The molecule has 2 N–H and O–H groups in total. The Labute approximate surface area is 200 Å². The van der Waals surface area contributed by atoms with Crippen LogP contribution in [0.4, 0.5) is 10.2 Å². The predicted molar refractivity (Wildman–Crippen MR) is 132 cm³/mol. The van der Waals surface area contributed by atoms with Gasteiger partial charge in [0.2, 0.25) is 0 Å². The molecule has 6 rings (SSSR count). The van der Waals surface area contributed by atoms with Crippen molar-refractivity contribution in [3.8, 4) is 16.8 Å². The smallest absolute Gasteiger partial charge is 0.350 e. The molecule has 0 unspecified atom stereocenters. The van der Waals surface area contributed by atoms with E-state index in [0.717, 1.165) is 29.5 Å². The third-order valence-electron chi connectivity index (χ3n) is 6.65. The van der Waals surface area contributed by atoms with Gasteiger partial charge < -0.3 is 10.3 Å². The van der Waals surface area contributed by atoms with E-state index >= 15 is 4.39 Å². The Kier molecular flexibility index (Phi) is 4.80. The maximum atomic E-state index is 15.4. The normalized spacial score (nSPS) is 13.6. The van der Waals surface area contributed by atoms with Gasteiger partial charge in [-0.15, -0.1) is 0 Å². The van der Waals surface area contributed by atoms with Crippen LogP contribution in [0.2, 0.25) is 0 Å². The fraction of sp³-hybridized carbons (Fsp3) is 0.231. The van der Waals surface area contributed by atoms with Crippen molar-refractivity contribution in [2.45, 2.75) is 39.3 Å². The zero-order chi connectivity index (χ0) is 24.3. The largest absolute Gasteiger partial charge is 0.383 e. The number of fused-ring (bicyclic) bond motifs is 1. The molecule has 0 spiro atoms. The van der Waals surface area contributed by atoms with Crippen molar-refractivity contribution in [3.63, 3.8) is 0 Å². The van der Waals surface area contributed by atoms with E-state index in [2.05, 4.69) is 25.7 Å². The number of aromatic nitrogens is 6. The molecule has 1 fully saturated rings. The first-order valence-corrected chi connectivity index (χ1v) is 11.5. The number of aryl methyl sites for hydroxylation is 2. The van der Waals surface area contributed by atoms with Crippen LogP contribution in [0, 0.1) is 19.7 Å². The Balaban J connectivity index is 1.38. The van der Waals surface area contributed by atoms with Crippen molar-refractivity contribution < 1.29 is 4.39 Å². The van der Waals surface area contributed by atoms with Crippen LogP contribution < -0.4 is 11.4 Å². The summed E-state index contributed by atoms with van der Waals surface area (Å²) in [6, 6.07) is 11.1. The van der Waals surface area contributed by atoms with Crippen LogP contribution in [-0.4, -0.2) is 28.9 Å². The number of rotatable bonds is 5. The molecule has 1 aliphatic rings. The molecule has 8 nitrogen and oxygen atoms in total. The van der Waals surface area contributed by atoms with Crippen LogP contribution in [0.15, 0.2) is 60.0 Å². The molecule has 9 heteroatoms. The highest BCUT2D eigenvalue weighted by molar-refractivity contribution is 6.00. The van der Waals surface area contributed by atoms with Gasteiger partial charge >= 0.3 is 5.69 Å². The van der Waals surface area contributed by atoms with Gasteiger partial charge in [-0.2, -0.15) is 9.78 Å². The predicted octanol–water partition coefficient (Wildman–Crippen LogP) is 4.17. The van der Waals surface area contributed by atoms with Crippen molar-refractivity contribution in [1.82, 2.24) is 28.9 Å². The molecular weight excluding hydrogens is 445 g/mol. The highest BCUT2D eigenvalue weighted by atomic mass is 19.1. The van der Waals surface area contributed by atoms with Gasteiger partial charge in [-0.25, -0.2) is 19.2 Å². The summed E-state index contributed by atoms with van der Waals surface area (Å²) in [6.45, 7) is 4.42. The number of anilines is 1. The van der Waals surface area contributed by atoms with Gasteiger partial charge in [-0.1, -0.05) is 23.8 Å². The SMILES string of the molecule is Cc1ccc(C)c(Cn2cnn(-c3ccc(-c4cn(C5CC5)c5ncnc(N)c45)c(F)c3)c2=O)c1. The van der Waals surface area contributed by atoms with Gasteiger partial charge in [0.15, 0.2) is 0 Å². The molecule has 3 heterocycles. The zero-order valence-corrected chi connectivity index (χ0v) is 19.4. The number of hydrogen-bond donors (Lipinski definition) is 1. The molecule has 0 saturated heterocycles. The molecular formula is C26H24FN7O. The number of halogens is 1. The Morgan fingerprint density at radius 3 is 2.69 bits per heavy atom. The van der Waals surface area contributed by atoms with E-state index in [4.69, 9.17) is 5.73 Å². The second kappa shape index (κ2) is 7.90. The lowest BCUT2D eigenvalue weighted by molar-refractivity contribution is 0.628. The second-order valence-corrected chi connectivity index (χ2v) is 9.19. The first-order chi connectivity index (χ1) is 16.9. The van der Waals surface area contributed by atoms with E-state index in [1.54, 1.807) is 12.1 Å². The number of benzene rings is 2. The Morgan fingerprint density at radius 2 is 1.91 bits per heavy atom. The monoisotopic (exact) mass is 469 g/mol. The van der Waals surface area contributed by atoms with E-state index in [1.165, 1.54) is 28.0 Å². The first-order valence-electron chi connectivity index (χ1n) is 11.5. The lowest BCUT2D eigenvalue weighted by atomic mass is 10.0. The lowest BCUT2D eigenvalue weighted by Crippen LogP contribution is -2.24. The maximum Gasteiger partial charge on any atom is 0.350 e. The quantitative estimate of drug-likeness (QED) is 0.417. The first kappa shape index (κ1) is 21.3. The lowest BCUT2D eigenvalue weighted by Gasteiger charge is -2.07. The van der Waals surface area contributed by atoms with Gasteiger partial charge in [0.25, 0.3) is 0 Å². The molecule has 176 valence electrons. The highest BCUT2D eigenvalue weighted by Gasteiger charge is 2.28. The van der Waals surface area contributed by atoms with Gasteiger partial charge in [-0.05, 0) is 49.9 Å². The highest BCUT2D eigenvalue weighted by Crippen LogP contribution is 2.42. The molecule has 0 aliphatic heterocycles. The van der Waals surface area contributed by atoms with Crippen molar-refractivity contribution in [2.24, 2.45) is 0 Å². The Hall–Kier alpha value is -4.27. The Morgan fingerprint density at radius 1 is 1.09 bits per heavy atom. The third-order valence-corrected chi connectivity index (χ3v) is 6.65. The van der Waals surface area contributed by atoms with Crippen LogP contribution >= 0.6 is 0 Å². The average molecular weight is 470 g/mol. The zero-order valence-electron chi connectivity index (χ0n) is 19.4. The van der Waals surface area contributed by atoms with Crippen molar-refractivity contribution in [3.05, 3.63) is 88.2 Å². The summed E-state index contributed by atoms with van der Waals surface area (Å²) in [7, 11) is 0. The van der Waals surface area contributed by atoms with Gasteiger partial charge in [0.05, 0.1) is 17.6 Å². The number of hydrogen-bond acceptors (Lipinski definition) is 5. The molecule has 0 radical (unpaired) electrons. The fourth-order valence-corrected chi connectivity index (χ4v) is 4.57. The minimum atomic E-state index is -0.475. The third kappa shape index (κ3) is 3.60. The number of nitrogens with two attached hydrogens (primary N) is 1. The standard InChI is InChI=1S/C26H24FN7O/c1-15-3-4-16(2)17(9-15)11-32-14-31-34(26(32)35)19-7-8-20(22(27)10-19)21-12-33(18-5-6-18)25-23(21)24(28)29-13-30-25/h3-4,7-10,12-14,18H,5-6,11H2,1-2H3,(H2,28,29,30). The fourth-order valence-electron chi connectivity index (χ4n) is 4.57. The van der Waals surface area contributed by atoms with Crippen LogP contribution in [-0.2, 0) is 6.54 Å². The summed E-state index contributed by atoms with van der Waals surface area (Å²) >= 11 is 0. The Bertz CT molecular complexity index is 1660. The van der Waals surface area contributed by atoms with E-state index in [0.29, 0.717) is 46.3 Å². The molecule has 1 aliphatic carbocycles. The van der Waals surface area contributed by atoms with E-state index in [9.17, 15) is 4.79 Å². The molecule has 0 bridgehead atoms. The van der Waals surface area contributed by atoms with Gasteiger partial charge in [0, 0.05) is 29.4 Å². The molecule has 5 aromatic rings. The molecule has 0 amide bonds. The average Bonchev–Trinajstić information content (AvgIpc) is 3.51. The molecule has 2 aromatic carbocycles. The van der Waals surface area contributed by atoms with Crippen LogP contribution in [0.5, 0.6) is 0 Å². The minimum Gasteiger partial charge on any atom is -0.383 e. The summed E-state index contributed by atoms with van der Waals surface area (Å²) in [4.78, 5) is 21.6. The summed E-state index contributed by atoms with van der Waals surface area (Å²) in [6.07, 6.45) is 6.93. The minimum absolute atomic E-state index is 0.314. The van der Waals surface area contributed by atoms with Gasteiger partial charge in [-0.3, -0.25) is 4.57 Å². The summed E-state index contributed by atoms with van der Waals surface area (Å²) < 4.78 is 20.2. The maximum absolute atomic E-state index is 15.4. The molecule has 3 aromatic heterocycles. The van der Waals surface area contributed by atoms with Crippen molar-refractivity contribution >= 4 is 16.9 Å². The second-order valence-electron chi connectivity index (χ2n) is 9.19. The van der Waals surface area contributed by atoms with E-state index < -0.39 is 5.82 Å². The number of nitrogens with zero attached hydrogens (tertiary/aromatic N) is 6. The van der Waals surface area contributed by atoms with Crippen LogP contribution in [0.1, 0.15) is 35.6 Å². The summed E-state index contributed by atoms with van der Waals surface area (Å²) in [5.74, 6) is -0.161. The van der Waals surface area contributed by atoms with Crippen molar-refractivity contribution in [2.75, 3.05) is 5.73 Å². The summed E-state index contributed by atoms with van der Waals surface area (Å²) in [5.41, 5.74) is 11.2. The van der Waals surface area contributed by atoms with Gasteiger partial charge in [0.1, 0.15) is 29.9 Å². The van der Waals surface area contributed by atoms with Crippen LogP contribution in [0.3, 0.4) is 0 Å².